The third-order valence-corrected chi connectivity index (χ3v) is 3.01. The summed E-state index contributed by atoms with van der Waals surface area (Å²) in [4.78, 5) is 6.68. The normalized spacial score (nSPS) is 21.5. The molecule has 0 spiro atoms. The molecule has 0 radical (unpaired) electrons. The summed E-state index contributed by atoms with van der Waals surface area (Å²) in [5.41, 5.74) is 0. The molecule has 1 atom stereocenters. The van der Waals surface area contributed by atoms with Crippen LogP contribution in [0, 0.1) is 11.8 Å². The van der Waals surface area contributed by atoms with E-state index < -0.39 is 0 Å². The van der Waals surface area contributed by atoms with Crippen LogP contribution in [-0.2, 0) is 0 Å². The van der Waals surface area contributed by atoms with E-state index in [4.69, 9.17) is 0 Å². The van der Waals surface area contributed by atoms with E-state index in [0.717, 1.165) is 24.3 Å². The number of rotatable bonds is 4. The number of aliphatic imine (C=N–C) groups is 1. The first-order valence-corrected chi connectivity index (χ1v) is 6.26. The first kappa shape index (κ1) is 17.0. The monoisotopic (exact) mass is 354 g/mol. The van der Waals surface area contributed by atoms with Crippen LogP contribution in [0.4, 0.5) is 0 Å². The van der Waals surface area contributed by atoms with E-state index in [1.165, 1.54) is 26.1 Å². The average Bonchev–Trinajstić information content (AvgIpc) is 2.66. The molecule has 1 heterocycles. The first-order chi connectivity index (χ1) is 7.65. The second-order valence-electron chi connectivity index (χ2n) is 5.01. The van der Waals surface area contributed by atoms with Gasteiger partial charge in [0.25, 0.3) is 0 Å². The van der Waals surface area contributed by atoms with E-state index in [-0.39, 0.29) is 24.0 Å². The minimum absolute atomic E-state index is 0. The Labute approximate surface area is 123 Å². The molecule has 102 valence electrons. The molecular formula is C12H27IN4. The zero-order valence-electron chi connectivity index (χ0n) is 11.5. The molecule has 1 unspecified atom stereocenters. The smallest absolute Gasteiger partial charge is 0.190 e. The van der Waals surface area contributed by atoms with Crippen molar-refractivity contribution >= 4 is 29.9 Å². The lowest BCUT2D eigenvalue weighted by atomic mass is 10.1. The summed E-state index contributed by atoms with van der Waals surface area (Å²) in [6, 6.07) is 0. The second kappa shape index (κ2) is 8.97. The maximum atomic E-state index is 4.12. The Bertz CT molecular complexity index is 231. The summed E-state index contributed by atoms with van der Waals surface area (Å²) < 4.78 is 0. The molecule has 5 heteroatoms. The van der Waals surface area contributed by atoms with Gasteiger partial charge in [-0.15, -0.1) is 24.0 Å². The fourth-order valence-corrected chi connectivity index (χ4v) is 2.28. The van der Waals surface area contributed by atoms with Crippen LogP contribution in [0.5, 0.6) is 0 Å². The van der Waals surface area contributed by atoms with Gasteiger partial charge in [0.1, 0.15) is 0 Å². The van der Waals surface area contributed by atoms with Gasteiger partial charge >= 0.3 is 0 Å². The first-order valence-electron chi connectivity index (χ1n) is 6.26. The Morgan fingerprint density at radius 1 is 1.47 bits per heavy atom. The Kier molecular flexibility index (Phi) is 8.94. The van der Waals surface area contributed by atoms with Crippen molar-refractivity contribution in [3.05, 3.63) is 0 Å². The number of hydrogen-bond donors (Lipinski definition) is 2. The highest BCUT2D eigenvalue weighted by atomic mass is 127. The number of nitrogens with zero attached hydrogens (tertiary/aromatic N) is 2. The van der Waals surface area contributed by atoms with Gasteiger partial charge < -0.3 is 15.5 Å². The molecule has 0 aromatic rings. The quantitative estimate of drug-likeness (QED) is 0.455. The summed E-state index contributed by atoms with van der Waals surface area (Å²) in [5.74, 6) is 2.43. The van der Waals surface area contributed by atoms with Crippen LogP contribution < -0.4 is 10.6 Å². The van der Waals surface area contributed by atoms with Crippen molar-refractivity contribution in [2.75, 3.05) is 40.3 Å². The highest BCUT2D eigenvalue weighted by Gasteiger charge is 2.22. The second-order valence-corrected chi connectivity index (χ2v) is 5.01. The number of nitrogens with one attached hydrogen (secondary N) is 2. The Morgan fingerprint density at radius 3 is 2.71 bits per heavy atom. The Hall–Kier alpha value is -0.0400. The lowest BCUT2D eigenvalue weighted by Crippen LogP contribution is -2.38. The Balaban J connectivity index is 0.00000256. The predicted molar refractivity (Wildman–Crippen MR) is 85.2 cm³/mol. The molecule has 0 amide bonds. The molecule has 1 aliphatic rings. The summed E-state index contributed by atoms with van der Waals surface area (Å²) in [7, 11) is 3.70. The molecule has 1 saturated heterocycles. The van der Waals surface area contributed by atoms with Crippen molar-refractivity contribution in [1.29, 1.82) is 0 Å². The molecular weight excluding hydrogens is 327 g/mol. The minimum Gasteiger partial charge on any atom is -0.359 e. The number of halogens is 1. The molecule has 1 rings (SSSR count). The molecule has 0 saturated carbocycles. The van der Waals surface area contributed by atoms with Crippen LogP contribution >= 0.6 is 24.0 Å². The van der Waals surface area contributed by atoms with Gasteiger partial charge in [0.15, 0.2) is 5.96 Å². The zero-order valence-corrected chi connectivity index (χ0v) is 13.8. The van der Waals surface area contributed by atoms with E-state index in [1.54, 1.807) is 7.05 Å². The van der Waals surface area contributed by atoms with Crippen LogP contribution in [0.3, 0.4) is 0 Å². The number of guanidine groups is 1. The lowest BCUT2D eigenvalue weighted by Gasteiger charge is -2.18. The summed E-state index contributed by atoms with van der Waals surface area (Å²) in [6.07, 6.45) is 1.31. The highest BCUT2D eigenvalue weighted by Crippen LogP contribution is 2.16. The number of hydrogen-bond acceptors (Lipinski definition) is 2. The van der Waals surface area contributed by atoms with E-state index in [2.05, 4.69) is 34.4 Å². The molecule has 2 N–H and O–H groups in total. The molecule has 4 nitrogen and oxygen atoms in total. The molecule has 1 fully saturated rings. The zero-order chi connectivity index (χ0) is 12.0. The van der Waals surface area contributed by atoms with Crippen molar-refractivity contribution < 1.29 is 0 Å². The van der Waals surface area contributed by atoms with Crippen molar-refractivity contribution in [2.45, 2.75) is 20.3 Å². The van der Waals surface area contributed by atoms with Crippen LogP contribution in [0.2, 0.25) is 0 Å². The van der Waals surface area contributed by atoms with Gasteiger partial charge in [0, 0.05) is 33.7 Å². The maximum Gasteiger partial charge on any atom is 0.190 e. The van der Waals surface area contributed by atoms with Crippen LogP contribution in [-0.4, -0.2) is 51.1 Å². The fraction of sp³-hybridized carbons (Fsp3) is 0.917. The van der Waals surface area contributed by atoms with Crippen LogP contribution in [0.1, 0.15) is 20.3 Å². The largest absolute Gasteiger partial charge is 0.359 e. The van der Waals surface area contributed by atoms with Gasteiger partial charge in [0.05, 0.1) is 0 Å². The third-order valence-electron chi connectivity index (χ3n) is 3.01. The topological polar surface area (TPSA) is 39.7 Å². The van der Waals surface area contributed by atoms with E-state index in [0.29, 0.717) is 0 Å². The van der Waals surface area contributed by atoms with Crippen molar-refractivity contribution in [3.63, 3.8) is 0 Å². The van der Waals surface area contributed by atoms with Crippen molar-refractivity contribution in [1.82, 2.24) is 15.5 Å². The van der Waals surface area contributed by atoms with Gasteiger partial charge in [-0.3, -0.25) is 4.99 Å². The third kappa shape index (κ3) is 6.45. The van der Waals surface area contributed by atoms with Gasteiger partial charge in [0.2, 0.25) is 0 Å². The summed E-state index contributed by atoms with van der Waals surface area (Å²) in [6.45, 7) is 9.32. The van der Waals surface area contributed by atoms with Gasteiger partial charge in [-0.1, -0.05) is 13.8 Å². The molecule has 1 aliphatic heterocycles. The lowest BCUT2D eigenvalue weighted by molar-refractivity contribution is 0.287. The minimum atomic E-state index is 0. The standard InChI is InChI=1S/C12H26N4.HI/c1-10(2)8-16-6-5-11(9-16)7-15-12(13-3)14-4;/h10-11H,5-9H2,1-4H3,(H2,13,14,15);1H. The predicted octanol–water partition coefficient (Wildman–Crippen LogP) is 1.38. The molecule has 0 aliphatic carbocycles. The molecule has 0 bridgehead atoms. The van der Waals surface area contributed by atoms with Crippen molar-refractivity contribution in [3.8, 4) is 0 Å². The molecule has 0 aromatic heterocycles. The average molecular weight is 354 g/mol. The Morgan fingerprint density at radius 2 is 2.18 bits per heavy atom. The van der Waals surface area contributed by atoms with Crippen LogP contribution in [0.15, 0.2) is 4.99 Å². The highest BCUT2D eigenvalue weighted by molar-refractivity contribution is 14.0. The number of likely N-dealkylation sites (tertiary alicyclic amines) is 1. The summed E-state index contributed by atoms with van der Waals surface area (Å²) >= 11 is 0. The van der Waals surface area contributed by atoms with E-state index in [1.807, 2.05) is 7.05 Å². The maximum absolute atomic E-state index is 4.12. The summed E-state index contributed by atoms with van der Waals surface area (Å²) in [5, 5.41) is 6.39. The van der Waals surface area contributed by atoms with Crippen molar-refractivity contribution in [2.24, 2.45) is 16.8 Å². The van der Waals surface area contributed by atoms with E-state index in [9.17, 15) is 0 Å². The van der Waals surface area contributed by atoms with E-state index >= 15 is 0 Å². The SMILES string of the molecule is CN=C(NC)NCC1CCN(CC(C)C)C1.I. The fourth-order valence-electron chi connectivity index (χ4n) is 2.28. The molecule has 17 heavy (non-hydrogen) atoms. The molecule has 0 aromatic carbocycles. The van der Waals surface area contributed by atoms with Gasteiger partial charge in [-0.25, -0.2) is 0 Å². The van der Waals surface area contributed by atoms with Gasteiger partial charge in [-0.2, -0.15) is 0 Å². The van der Waals surface area contributed by atoms with Crippen LogP contribution in [0.25, 0.3) is 0 Å². The van der Waals surface area contributed by atoms with Gasteiger partial charge in [-0.05, 0) is 24.8 Å².